The van der Waals surface area contributed by atoms with Gasteiger partial charge in [-0.1, -0.05) is 23.7 Å². The van der Waals surface area contributed by atoms with Crippen molar-refractivity contribution in [2.75, 3.05) is 19.5 Å². The average Bonchev–Trinajstić information content (AvgIpc) is 2.61. The zero-order chi connectivity index (χ0) is 18.4. The van der Waals surface area contributed by atoms with E-state index >= 15 is 0 Å². The molecule has 0 saturated carbocycles. The van der Waals surface area contributed by atoms with Crippen molar-refractivity contribution >= 4 is 29.1 Å². The van der Waals surface area contributed by atoms with Crippen molar-refractivity contribution in [2.24, 2.45) is 0 Å². The molecule has 2 aromatic carbocycles. The second-order valence-corrected chi connectivity index (χ2v) is 5.68. The molecule has 0 aromatic heterocycles. The maximum Gasteiger partial charge on any atom is 0.313 e. The summed E-state index contributed by atoms with van der Waals surface area (Å²) in [5, 5.41) is 5.48. The highest BCUT2D eigenvalue weighted by Crippen LogP contribution is 2.27. The number of halogens is 1. The molecule has 7 heteroatoms. The zero-order valence-electron chi connectivity index (χ0n) is 14.1. The quantitative estimate of drug-likeness (QED) is 0.801. The minimum absolute atomic E-state index is 0.330. The van der Waals surface area contributed by atoms with E-state index in [9.17, 15) is 9.59 Å². The molecule has 1 atom stereocenters. The van der Waals surface area contributed by atoms with E-state index in [0.717, 1.165) is 11.3 Å². The first-order valence-electron chi connectivity index (χ1n) is 7.54. The Hall–Kier alpha value is -2.73. The first-order chi connectivity index (χ1) is 11.9. The van der Waals surface area contributed by atoms with Crippen LogP contribution in [0.4, 0.5) is 5.69 Å². The van der Waals surface area contributed by atoms with Gasteiger partial charge in [0.1, 0.15) is 11.5 Å². The van der Waals surface area contributed by atoms with Crippen molar-refractivity contribution in [2.45, 2.75) is 13.0 Å². The number of benzene rings is 2. The number of anilines is 1. The molecule has 2 aromatic rings. The molecule has 0 radical (unpaired) electrons. The summed E-state index contributed by atoms with van der Waals surface area (Å²) in [6, 6.07) is 11.6. The van der Waals surface area contributed by atoms with Gasteiger partial charge in [-0.2, -0.15) is 0 Å². The van der Waals surface area contributed by atoms with Crippen LogP contribution >= 0.6 is 11.6 Å². The van der Waals surface area contributed by atoms with E-state index in [0.29, 0.717) is 16.5 Å². The highest BCUT2D eigenvalue weighted by Gasteiger charge is 2.17. The lowest BCUT2D eigenvalue weighted by atomic mass is 10.1. The van der Waals surface area contributed by atoms with Gasteiger partial charge in [-0.25, -0.2) is 0 Å². The summed E-state index contributed by atoms with van der Waals surface area (Å²) < 4.78 is 10.1. The Bertz CT molecular complexity index is 762. The fourth-order valence-electron chi connectivity index (χ4n) is 2.17. The van der Waals surface area contributed by atoms with Crippen LogP contribution in [0.1, 0.15) is 18.5 Å². The Labute approximate surface area is 151 Å². The van der Waals surface area contributed by atoms with Crippen molar-refractivity contribution < 1.29 is 19.1 Å². The minimum atomic E-state index is -0.776. The summed E-state index contributed by atoms with van der Waals surface area (Å²) >= 11 is 5.99. The highest BCUT2D eigenvalue weighted by molar-refractivity contribution is 6.40. The second-order valence-electron chi connectivity index (χ2n) is 5.27. The predicted octanol–water partition coefficient (Wildman–Crippen LogP) is 3.17. The number of hydrogen-bond acceptors (Lipinski definition) is 4. The maximum absolute atomic E-state index is 12.1. The maximum atomic E-state index is 12.1. The average molecular weight is 363 g/mol. The number of amides is 2. The molecule has 0 fully saturated rings. The van der Waals surface area contributed by atoms with Crippen LogP contribution in [0.3, 0.4) is 0 Å². The molecule has 0 aliphatic rings. The van der Waals surface area contributed by atoms with Gasteiger partial charge in [-0.05, 0) is 42.8 Å². The molecule has 0 spiro atoms. The largest absolute Gasteiger partial charge is 0.497 e. The van der Waals surface area contributed by atoms with E-state index in [1.165, 1.54) is 13.2 Å². The molecule has 0 aliphatic carbocycles. The minimum Gasteiger partial charge on any atom is -0.497 e. The van der Waals surface area contributed by atoms with E-state index < -0.39 is 11.8 Å². The second kappa shape index (κ2) is 8.39. The van der Waals surface area contributed by atoms with E-state index in [1.807, 2.05) is 12.1 Å². The lowest BCUT2D eigenvalue weighted by Crippen LogP contribution is -2.36. The van der Waals surface area contributed by atoms with E-state index in [-0.39, 0.29) is 6.04 Å². The standard InChI is InChI=1S/C18H19ClN2O4/c1-11(12-4-7-14(24-2)8-5-12)20-17(22)18(23)21-13-6-9-16(25-3)15(19)10-13/h4-11H,1-3H3,(H,20,22)(H,21,23). The lowest BCUT2D eigenvalue weighted by molar-refractivity contribution is -0.136. The van der Waals surface area contributed by atoms with Crippen LogP contribution in [0.15, 0.2) is 42.5 Å². The Kier molecular flexibility index (Phi) is 6.25. The molecular formula is C18H19ClN2O4. The fourth-order valence-corrected chi connectivity index (χ4v) is 2.43. The number of nitrogens with one attached hydrogen (secondary N) is 2. The van der Waals surface area contributed by atoms with Gasteiger partial charge >= 0.3 is 11.8 Å². The van der Waals surface area contributed by atoms with Gasteiger partial charge in [0.2, 0.25) is 0 Å². The number of rotatable bonds is 5. The van der Waals surface area contributed by atoms with E-state index in [4.69, 9.17) is 21.1 Å². The van der Waals surface area contributed by atoms with Gasteiger partial charge < -0.3 is 20.1 Å². The predicted molar refractivity (Wildman–Crippen MR) is 96.2 cm³/mol. The summed E-state index contributed by atoms with van der Waals surface area (Å²) in [6.45, 7) is 1.79. The van der Waals surface area contributed by atoms with Crippen molar-refractivity contribution in [1.29, 1.82) is 0 Å². The summed E-state index contributed by atoms with van der Waals surface area (Å²) in [5.74, 6) is -0.314. The lowest BCUT2D eigenvalue weighted by Gasteiger charge is -2.15. The van der Waals surface area contributed by atoms with Crippen LogP contribution in [0.2, 0.25) is 5.02 Å². The summed E-state index contributed by atoms with van der Waals surface area (Å²) in [6.07, 6.45) is 0. The van der Waals surface area contributed by atoms with Crippen LogP contribution in [-0.4, -0.2) is 26.0 Å². The molecule has 6 nitrogen and oxygen atoms in total. The fraction of sp³-hybridized carbons (Fsp3) is 0.222. The van der Waals surface area contributed by atoms with Gasteiger partial charge in [0, 0.05) is 5.69 Å². The zero-order valence-corrected chi connectivity index (χ0v) is 14.9. The van der Waals surface area contributed by atoms with Gasteiger partial charge in [-0.3, -0.25) is 9.59 Å². The number of carbonyl (C=O) groups is 2. The van der Waals surface area contributed by atoms with Gasteiger partial charge in [0.15, 0.2) is 0 Å². The number of methoxy groups -OCH3 is 2. The summed E-state index contributed by atoms with van der Waals surface area (Å²) in [4.78, 5) is 24.1. The first kappa shape index (κ1) is 18.6. The third-order valence-electron chi connectivity index (χ3n) is 3.58. The van der Waals surface area contributed by atoms with Crippen molar-refractivity contribution in [1.82, 2.24) is 5.32 Å². The van der Waals surface area contributed by atoms with Crippen LogP contribution in [0.25, 0.3) is 0 Å². The van der Waals surface area contributed by atoms with Gasteiger partial charge in [-0.15, -0.1) is 0 Å². The molecule has 2 amide bonds. The van der Waals surface area contributed by atoms with Crippen LogP contribution in [0, 0.1) is 0 Å². The highest BCUT2D eigenvalue weighted by atomic mass is 35.5. The summed E-state index contributed by atoms with van der Waals surface area (Å²) in [5.41, 5.74) is 1.26. The molecular weight excluding hydrogens is 344 g/mol. The molecule has 25 heavy (non-hydrogen) atoms. The van der Waals surface area contributed by atoms with Crippen molar-refractivity contribution in [3.05, 3.63) is 53.1 Å². The SMILES string of the molecule is COc1ccc(C(C)NC(=O)C(=O)Nc2ccc(OC)c(Cl)c2)cc1. The van der Waals surface area contributed by atoms with Gasteiger partial charge in [0.25, 0.3) is 0 Å². The third-order valence-corrected chi connectivity index (χ3v) is 3.87. The molecule has 1 unspecified atom stereocenters. The Morgan fingerprint density at radius 2 is 1.68 bits per heavy atom. The molecule has 0 bridgehead atoms. The van der Waals surface area contributed by atoms with Crippen LogP contribution < -0.4 is 20.1 Å². The van der Waals surface area contributed by atoms with E-state index in [2.05, 4.69) is 10.6 Å². The Balaban J connectivity index is 1.97. The first-order valence-corrected chi connectivity index (χ1v) is 7.91. The molecule has 2 N–H and O–H groups in total. The van der Waals surface area contributed by atoms with Crippen LogP contribution in [0.5, 0.6) is 11.5 Å². The van der Waals surface area contributed by atoms with Gasteiger partial charge in [0.05, 0.1) is 25.3 Å². The smallest absolute Gasteiger partial charge is 0.313 e. The van der Waals surface area contributed by atoms with Crippen molar-refractivity contribution in [3.63, 3.8) is 0 Å². The normalized spacial score (nSPS) is 11.4. The number of carbonyl (C=O) groups excluding carboxylic acids is 2. The molecule has 0 aliphatic heterocycles. The number of hydrogen-bond donors (Lipinski definition) is 2. The van der Waals surface area contributed by atoms with Crippen LogP contribution in [-0.2, 0) is 9.59 Å². The van der Waals surface area contributed by atoms with Crippen molar-refractivity contribution in [3.8, 4) is 11.5 Å². The monoisotopic (exact) mass is 362 g/mol. The Morgan fingerprint density at radius 1 is 1.00 bits per heavy atom. The molecule has 0 heterocycles. The number of ether oxygens (including phenoxy) is 2. The summed E-state index contributed by atoms with van der Waals surface area (Å²) in [7, 11) is 3.07. The third kappa shape index (κ3) is 4.87. The topological polar surface area (TPSA) is 76.7 Å². The molecule has 0 saturated heterocycles. The molecule has 2 rings (SSSR count). The van der Waals surface area contributed by atoms with E-state index in [1.54, 1.807) is 38.3 Å². The Morgan fingerprint density at radius 3 is 2.24 bits per heavy atom. The molecule has 132 valence electrons.